The minimum absolute atomic E-state index is 0. The number of aromatic nitrogens is 4. The zero-order valence-electron chi connectivity index (χ0n) is 33.5. The topological polar surface area (TPSA) is 54.0 Å². The molecule has 0 atom stereocenters. The number of halogens is 1. The van der Waals surface area contributed by atoms with Crippen molar-refractivity contribution in [1.82, 2.24) is 19.9 Å². The fourth-order valence-electron chi connectivity index (χ4n) is 8.69. The minimum Gasteiger partial charge on any atom is -0.657 e. The van der Waals surface area contributed by atoms with E-state index in [9.17, 15) is 0 Å². The summed E-state index contributed by atoms with van der Waals surface area (Å²) in [6.45, 7) is 13.0. The first-order valence-electron chi connectivity index (χ1n) is 19.1. The van der Waals surface area contributed by atoms with Crippen LogP contribution in [0.1, 0.15) is 61.7 Å². The van der Waals surface area contributed by atoms with E-state index in [4.69, 9.17) is 26.4 Å². The van der Waals surface area contributed by atoms with Crippen molar-refractivity contribution in [3.63, 3.8) is 0 Å². The Morgan fingerprint density at radius 1 is 0.448 bits per heavy atom. The molecule has 0 unspecified atom stereocenters. The average molecular weight is 865 g/mol. The van der Waals surface area contributed by atoms with Crippen molar-refractivity contribution in [2.24, 2.45) is 0 Å². The first-order chi connectivity index (χ1) is 27.6. The monoisotopic (exact) mass is 862 g/mol. The van der Waals surface area contributed by atoms with Crippen LogP contribution in [0.3, 0.4) is 0 Å². The molecule has 2 aliphatic rings. The van der Waals surface area contributed by atoms with E-state index < -0.39 is 0 Å². The number of fused-ring (bicyclic) bond motifs is 8. The van der Waals surface area contributed by atoms with Gasteiger partial charge in [0.1, 0.15) is 0 Å². The molecule has 7 aromatic rings. The number of terminal acetylenes is 1. The zero-order valence-corrected chi connectivity index (χ0v) is 38.1. The van der Waals surface area contributed by atoms with Gasteiger partial charge in [-0.3, -0.25) is 0 Å². The van der Waals surface area contributed by atoms with E-state index in [1.165, 1.54) is 33.4 Å². The SMILES string of the molecule is C#Cc1ccc(-c2c3nc(c(-c4c(C)cc(C)cc4C)c4ccc([n-]4)c(-c4ccc(Br)cc4)c4nc(c(-c5c(C)cc(C)cc5C)c5ccc2[n-]5)C=C4)C=C3)cc1.[Zn+2]. The third-order valence-electron chi connectivity index (χ3n) is 10.9. The van der Waals surface area contributed by atoms with Crippen LogP contribution in [-0.2, 0) is 19.5 Å². The van der Waals surface area contributed by atoms with Crippen molar-refractivity contribution < 1.29 is 19.5 Å². The molecular weight excluding hydrogens is 826 g/mol. The quantitative estimate of drug-likeness (QED) is 0.131. The Kier molecular flexibility index (Phi) is 10.4. The average Bonchev–Trinajstić information content (AvgIpc) is 4.02. The number of hydrogen-bond acceptors (Lipinski definition) is 2. The minimum atomic E-state index is 0. The summed E-state index contributed by atoms with van der Waals surface area (Å²) < 4.78 is 1.01. The molecule has 0 saturated carbocycles. The molecule has 6 heteroatoms. The molecule has 58 heavy (non-hydrogen) atoms. The van der Waals surface area contributed by atoms with Gasteiger partial charge in [-0.1, -0.05) is 106 Å². The van der Waals surface area contributed by atoms with Gasteiger partial charge in [0.15, 0.2) is 0 Å². The molecule has 4 aromatic carbocycles. The smallest absolute Gasteiger partial charge is 0.657 e. The first kappa shape index (κ1) is 39.0. The molecule has 0 aliphatic carbocycles. The Morgan fingerprint density at radius 2 is 0.776 bits per heavy atom. The van der Waals surface area contributed by atoms with Crippen LogP contribution in [0.4, 0.5) is 0 Å². The molecule has 0 N–H and O–H groups in total. The summed E-state index contributed by atoms with van der Waals surface area (Å²) in [7, 11) is 0. The van der Waals surface area contributed by atoms with Gasteiger partial charge in [-0.25, -0.2) is 9.97 Å². The third kappa shape index (κ3) is 6.94. The standard InChI is InChI=1S/C52H39BrN4.Zn/c1-8-35-9-11-36(12-10-35)49-39-17-21-43(54-39)51(47-31(4)25-29(2)26-32(47)5)45-23-19-41(56-45)50(37-13-15-38(53)16-14-37)42-20-24-46(57-42)52(44-22-18-40(49)55-44)48-33(6)27-30(3)28-34(48)7;/h1,9-28H,2-7H3;/q-2;+2. The second-order valence-corrected chi connectivity index (χ2v) is 16.1. The van der Waals surface area contributed by atoms with Gasteiger partial charge in [-0.2, -0.15) is 0 Å². The van der Waals surface area contributed by atoms with Gasteiger partial charge in [-0.05, 0) is 157 Å². The summed E-state index contributed by atoms with van der Waals surface area (Å²) in [5.41, 5.74) is 22.8. The fourth-order valence-corrected chi connectivity index (χ4v) is 8.95. The summed E-state index contributed by atoms with van der Waals surface area (Å²) in [5.74, 6) is 2.77. The van der Waals surface area contributed by atoms with Crippen molar-refractivity contribution in [1.29, 1.82) is 0 Å². The Balaban J connectivity index is 0.00000469. The predicted molar refractivity (Wildman–Crippen MR) is 243 cm³/mol. The van der Waals surface area contributed by atoms with Gasteiger partial charge in [0, 0.05) is 10.0 Å². The van der Waals surface area contributed by atoms with Gasteiger partial charge < -0.3 is 9.97 Å². The van der Waals surface area contributed by atoms with Crippen LogP contribution in [0.2, 0.25) is 0 Å². The van der Waals surface area contributed by atoms with E-state index in [1.807, 2.05) is 12.1 Å². The summed E-state index contributed by atoms with van der Waals surface area (Å²) >= 11 is 3.65. The second kappa shape index (κ2) is 15.5. The van der Waals surface area contributed by atoms with Crippen molar-refractivity contribution in [2.75, 3.05) is 0 Å². The molecule has 4 nitrogen and oxygen atoms in total. The second-order valence-electron chi connectivity index (χ2n) is 15.1. The Hall–Kier alpha value is -5.86. The number of benzene rings is 4. The predicted octanol–water partition coefficient (Wildman–Crippen LogP) is 13.2. The molecular formula is C52H39BrN4Zn. The third-order valence-corrected chi connectivity index (χ3v) is 11.5. The van der Waals surface area contributed by atoms with Crippen LogP contribution in [0.15, 0.2) is 102 Å². The van der Waals surface area contributed by atoms with Crippen molar-refractivity contribution in [2.45, 2.75) is 41.5 Å². The Bertz CT molecular complexity index is 2980. The number of nitrogens with zero attached hydrogens (tertiary/aromatic N) is 4. The van der Waals surface area contributed by atoms with Crippen LogP contribution in [0.5, 0.6) is 0 Å². The molecule has 8 bridgehead atoms. The van der Waals surface area contributed by atoms with Gasteiger partial charge in [0.25, 0.3) is 0 Å². The van der Waals surface area contributed by atoms with Crippen LogP contribution < -0.4 is 9.97 Å². The van der Waals surface area contributed by atoms with E-state index in [-0.39, 0.29) is 19.5 Å². The maximum Gasteiger partial charge on any atom is 2.00 e. The molecule has 2 aliphatic heterocycles. The van der Waals surface area contributed by atoms with Crippen LogP contribution in [0.25, 0.3) is 90.9 Å². The summed E-state index contributed by atoms with van der Waals surface area (Å²) in [6.07, 6.45) is 14.3. The Labute approximate surface area is 361 Å². The number of hydrogen-bond donors (Lipinski definition) is 0. The van der Waals surface area contributed by atoms with Gasteiger partial charge >= 0.3 is 19.5 Å². The maximum absolute atomic E-state index is 5.80. The van der Waals surface area contributed by atoms with E-state index >= 15 is 0 Å². The van der Waals surface area contributed by atoms with E-state index in [0.717, 1.165) is 99.4 Å². The van der Waals surface area contributed by atoms with E-state index in [0.29, 0.717) is 0 Å². The van der Waals surface area contributed by atoms with E-state index in [1.54, 1.807) is 0 Å². The molecule has 5 heterocycles. The molecule has 9 rings (SSSR count). The molecule has 0 spiro atoms. The number of rotatable bonds is 4. The van der Waals surface area contributed by atoms with Gasteiger partial charge in [0.05, 0.1) is 22.8 Å². The molecule has 276 valence electrons. The molecule has 0 saturated heterocycles. The van der Waals surface area contributed by atoms with Gasteiger partial charge in [-0.15, -0.1) is 28.5 Å². The van der Waals surface area contributed by atoms with Crippen LogP contribution in [0, 0.1) is 53.9 Å². The maximum atomic E-state index is 5.80. The summed E-state index contributed by atoms with van der Waals surface area (Å²) in [5, 5.41) is 0. The van der Waals surface area contributed by atoms with Crippen molar-refractivity contribution in [3.05, 3.63) is 163 Å². The van der Waals surface area contributed by atoms with Crippen molar-refractivity contribution in [3.8, 4) is 56.9 Å². The largest absolute Gasteiger partial charge is 2.00 e. The van der Waals surface area contributed by atoms with Crippen LogP contribution in [-0.4, -0.2) is 9.97 Å². The molecule has 0 fully saturated rings. The first-order valence-corrected chi connectivity index (χ1v) is 19.9. The molecule has 0 amide bonds. The summed E-state index contributed by atoms with van der Waals surface area (Å²) in [6, 6.07) is 33.9. The normalized spacial score (nSPS) is 11.8. The van der Waals surface area contributed by atoms with Crippen LogP contribution >= 0.6 is 15.9 Å². The fraction of sp³-hybridized carbons (Fsp3) is 0.115. The Morgan fingerprint density at radius 3 is 1.14 bits per heavy atom. The number of aryl methyl sites for hydroxylation is 6. The van der Waals surface area contributed by atoms with Crippen molar-refractivity contribution >= 4 is 62.3 Å². The van der Waals surface area contributed by atoms with Gasteiger partial charge in [0.2, 0.25) is 0 Å². The molecule has 3 aromatic heterocycles. The molecule has 0 radical (unpaired) electrons. The van der Waals surface area contributed by atoms with E-state index in [2.05, 4.69) is 173 Å². The summed E-state index contributed by atoms with van der Waals surface area (Å²) in [4.78, 5) is 21.8. The zero-order chi connectivity index (χ0) is 39.5.